The molecule has 18 heavy (non-hydrogen) atoms. The zero-order chi connectivity index (χ0) is 13.7. The van der Waals surface area contributed by atoms with Crippen LogP contribution in [-0.2, 0) is 4.79 Å². The van der Waals surface area contributed by atoms with Crippen LogP contribution in [-0.4, -0.2) is 34.6 Å². The Morgan fingerprint density at radius 3 is 2.33 bits per heavy atom. The Labute approximate surface area is 104 Å². The molecule has 0 aromatic heterocycles. The maximum absolute atomic E-state index is 12.7. The second-order valence-electron chi connectivity index (χ2n) is 4.05. The van der Waals surface area contributed by atoms with E-state index in [1.807, 2.05) is 0 Å². The number of nitrogens with zero attached hydrogens (tertiary/aromatic N) is 1. The number of amides is 2. The number of hydrogen-bond donors (Lipinski definition) is 2. The molecule has 0 saturated carbocycles. The topological polar surface area (TPSA) is 69.6 Å². The van der Waals surface area contributed by atoms with Gasteiger partial charge in [-0.05, 0) is 38.1 Å². The van der Waals surface area contributed by atoms with Gasteiger partial charge in [0, 0.05) is 11.7 Å². The summed E-state index contributed by atoms with van der Waals surface area (Å²) in [5.74, 6) is -1.49. The van der Waals surface area contributed by atoms with Crippen LogP contribution in [0.3, 0.4) is 0 Å². The normalized spacial score (nSPS) is 10.2. The zero-order valence-corrected chi connectivity index (χ0v) is 10.2. The first-order valence-electron chi connectivity index (χ1n) is 5.45. The molecule has 1 rings (SSSR count). The fourth-order valence-electron chi connectivity index (χ4n) is 1.36. The lowest BCUT2D eigenvalue weighted by Crippen LogP contribution is -2.43. The minimum atomic E-state index is -1.09. The van der Waals surface area contributed by atoms with Crippen molar-refractivity contribution in [2.24, 2.45) is 0 Å². The summed E-state index contributed by atoms with van der Waals surface area (Å²) >= 11 is 0. The summed E-state index contributed by atoms with van der Waals surface area (Å²) in [6.07, 6.45) is 0. The minimum Gasteiger partial charge on any atom is -0.480 e. The van der Waals surface area contributed by atoms with Gasteiger partial charge in [-0.25, -0.2) is 9.18 Å². The molecule has 0 heterocycles. The lowest BCUT2D eigenvalue weighted by atomic mass is 10.3. The maximum atomic E-state index is 12.7. The van der Waals surface area contributed by atoms with Crippen LogP contribution in [0.1, 0.15) is 13.8 Å². The van der Waals surface area contributed by atoms with E-state index in [1.54, 1.807) is 13.8 Å². The largest absolute Gasteiger partial charge is 0.480 e. The molecule has 1 aromatic carbocycles. The van der Waals surface area contributed by atoms with Crippen LogP contribution >= 0.6 is 0 Å². The van der Waals surface area contributed by atoms with Crippen LogP contribution in [0.25, 0.3) is 0 Å². The predicted molar refractivity (Wildman–Crippen MR) is 64.9 cm³/mol. The summed E-state index contributed by atoms with van der Waals surface area (Å²) in [4.78, 5) is 23.6. The number of halogens is 1. The summed E-state index contributed by atoms with van der Waals surface area (Å²) in [7, 11) is 0. The van der Waals surface area contributed by atoms with Crippen LogP contribution in [0.5, 0.6) is 0 Å². The Morgan fingerprint density at radius 2 is 1.89 bits per heavy atom. The third-order valence-corrected chi connectivity index (χ3v) is 2.29. The molecule has 0 unspecified atom stereocenters. The van der Waals surface area contributed by atoms with E-state index in [4.69, 9.17) is 5.11 Å². The molecule has 0 aliphatic heterocycles. The number of urea groups is 1. The number of anilines is 1. The van der Waals surface area contributed by atoms with Crippen molar-refractivity contribution in [3.63, 3.8) is 0 Å². The molecule has 6 heteroatoms. The monoisotopic (exact) mass is 254 g/mol. The van der Waals surface area contributed by atoms with Crippen molar-refractivity contribution in [2.45, 2.75) is 19.9 Å². The number of nitrogens with one attached hydrogen (secondary N) is 1. The van der Waals surface area contributed by atoms with Gasteiger partial charge in [0.2, 0.25) is 0 Å². The fraction of sp³-hybridized carbons (Fsp3) is 0.333. The zero-order valence-electron chi connectivity index (χ0n) is 10.2. The molecule has 5 nitrogen and oxygen atoms in total. The van der Waals surface area contributed by atoms with Gasteiger partial charge in [-0.1, -0.05) is 0 Å². The van der Waals surface area contributed by atoms with Crippen LogP contribution in [0.4, 0.5) is 14.9 Å². The molecule has 0 fully saturated rings. The molecule has 2 amide bonds. The second-order valence-corrected chi connectivity index (χ2v) is 4.05. The van der Waals surface area contributed by atoms with Crippen molar-refractivity contribution in [1.29, 1.82) is 0 Å². The van der Waals surface area contributed by atoms with Crippen LogP contribution in [0, 0.1) is 5.82 Å². The highest BCUT2D eigenvalue weighted by molar-refractivity contribution is 5.91. The summed E-state index contributed by atoms with van der Waals surface area (Å²) in [6, 6.07) is 4.47. The fourth-order valence-corrected chi connectivity index (χ4v) is 1.36. The Balaban J connectivity index is 2.72. The van der Waals surface area contributed by atoms with Crippen LogP contribution < -0.4 is 5.32 Å². The summed E-state index contributed by atoms with van der Waals surface area (Å²) in [5.41, 5.74) is 0.414. The van der Waals surface area contributed by atoms with E-state index in [2.05, 4.69) is 5.32 Å². The number of aliphatic carboxylic acids is 1. The van der Waals surface area contributed by atoms with Gasteiger partial charge in [0.05, 0.1) is 0 Å². The van der Waals surface area contributed by atoms with Crippen LogP contribution in [0.2, 0.25) is 0 Å². The van der Waals surface area contributed by atoms with Crippen molar-refractivity contribution in [2.75, 3.05) is 11.9 Å². The van der Waals surface area contributed by atoms with Gasteiger partial charge < -0.3 is 15.3 Å². The lowest BCUT2D eigenvalue weighted by molar-refractivity contribution is -0.137. The predicted octanol–water partition coefficient (Wildman–Crippen LogP) is 2.15. The molecular formula is C12H15FN2O3. The molecule has 1 aromatic rings. The molecule has 0 aliphatic rings. The van der Waals surface area contributed by atoms with Gasteiger partial charge in [-0.3, -0.25) is 4.79 Å². The molecule has 0 bridgehead atoms. The van der Waals surface area contributed by atoms with Gasteiger partial charge in [0.25, 0.3) is 0 Å². The van der Waals surface area contributed by atoms with E-state index in [9.17, 15) is 14.0 Å². The number of hydrogen-bond acceptors (Lipinski definition) is 2. The number of rotatable bonds is 4. The van der Waals surface area contributed by atoms with Gasteiger partial charge in [-0.2, -0.15) is 0 Å². The van der Waals surface area contributed by atoms with Crippen molar-refractivity contribution in [3.05, 3.63) is 30.1 Å². The number of carbonyl (C=O) groups is 2. The van der Waals surface area contributed by atoms with Crippen molar-refractivity contribution in [1.82, 2.24) is 4.90 Å². The van der Waals surface area contributed by atoms with Gasteiger partial charge in [-0.15, -0.1) is 0 Å². The Bertz CT molecular complexity index is 431. The highest BCUT2D eigenvalue weighted by Crippen LogP contribution is 2.10. The van der Waals surface area contributed by atoms with Gasteiger partial charge in [0.15, 0.2) is 0 Å². The molecule has 0 atom stereocenters. The highest BCUT2D eigenvalue weighted by atomic mass is 19.1. The SMILES string of the molecule is CC(C)N(CC(=O)O)C(=O)Nc1ccc(F)cc1. The number of carboxylic acids is 1. The first-order chi connectivity index (χ1) is 8.40. The first-order valence-corrected chi connectivity index (χ1v) is 5.45. The average Bonchev–Trinajstić information content (AvgIpc) is 2.28. The average molecular weight is 254 g/mol. The molecule has 0 aliphatic carbocycles. The molecular weight excluding hydrogens is 239 g/mol. The van der Waals surface area contributed by atoms with E-state index < -0.39 is 17.8 Å². The summed E-state index contributed by atoms with van der Waals surface area (Å²) in [5, 5.41) is 11.2. The Hall–Kier alpha value is -2.11. The minimum absolute atomic E-state index is 0.249. The molecule has 2 N–H and O–H groups in total. The first kappa shape index (κ1) is 14.0. The lowest BCUT2D eigenvalue weighted by Gasteiger charge is -2.25. The molecule has 0 saturated heterocycles. The number of carbonyl (C=O) groups excluding carboxylic acids is 1. The quantitative estimate of drug-likeness (QED) is 0.865. The Kier molecular flexibility index (Phi) is 4.65. The van der Waals surface area contributed by atoms with Crippen molar-refractivity contribution >= 4 is 17.7 Å². The summed E-state index contributed by atoms with van der Waals surface area (Å²) < 4.78 is 12.7. The van der Waals surface area contributed by atoms with Crippen molar-refractivity contribution in [3.8, 4) is 0 Å². The van der Waals surface area contributed by atoms with E-state index in [0.29, 0.717) is 5.69 Å². The van der Waals surface area contributed by atoms with E-state index in [0.717, 1.165) is 0 Å². The number of carboxylic acid groups (broad SMARTS) is 1. The van der Waals surface area contributed by atoms with Crippen molar-refractivity contribution < 1.29 is 19.1 Å². The highest BCUT2D eigenvalue weighted by Gasteiger charge is 2.19. The van der Waals surface area contributed by atoms with E-state index >= 15 is 0 Å². The standard InChI is InChI=1S/C12H15FN2O3/c1-8(2)15(7-11(16)17)12(18)14-10-5-3-9(13)4-6-10/h3-6,8H,7H2,1-2H3,(H,14,18)(H,16,17). The molecule has 0 radical (unpaired) electrons. The third-order valence-electron chi connectivity index (χ3n) is 2.29. The van der Waals surface area contributed by atoms with Gasteiger partial charge in [0.1, 0.15) is 12.4 Å². The maximum Gasteiger partial charge on any atom is 0.323 e. The Morgan fingerprint density at radius 1 is 1.33 bits per heavy atom. The van der Waals surface area contributed by atoms with E-state index in [-0.39, 0.29) is 12.6 Å². The van der Waals surface area contributed by atoms with Gasteiger partial charge >= 0.3 is 12.0 Å². The number of benzene rings is 1. The summed E-state index contributed by atoms with van der Waals surface area (Å²) in [6.45, 7) is 3.05. The van der Waals surface area contributed by atoms with Crippen LogP contribution in [0.15, 0.2) is 24.3 Å². The van der Waals surface area contributed by atoms with E-state index in [1.165, 1.54) is 29.2 Å². The molecule has 98 valence electrons. The second kappa shape index (κ2) is 6.00. The smallest absolute Gasteiger partial charge is 0.323 e. The molecule has 0 spiro atoms. The third kappa shape index (κ3) is 4.04.